The van der Waals surface area contributed by atoms with Crippen LogP contribution in [0.3, 0.4) is 0 Å². The SMILES string of the molecule is CC(NC(=O)OCc1ccccc1)C(=O)NCCNc1cnccn1. The molecule has 1 aromatic heterocycles. The second kappa shape index (κ2) is 9.86. The van der Waals surface area contributed by atoms with Crippen LogP contribution in [-0.4, -0.2) is 41.1 Å². The minimum absolute atomic E-state index is 0.156. The summed E-state index contributed by atoms with van der Waals surface area (Å²) >= 11 is 0. The summed E-state index contributed by atoms with van der Waals surface area (Å²) in [6.07, 6.45) is 4.11. The first-order valence-electron chi connectivity index (χ1n) is 7.90. The molecule has 0 saturated heterocycles. The van der Waals surface area contributed by atoms with Gasteiger partial charge in [0.25, 0.3) is 0 Å². The lowest BCUT2D eigenvalue weighted by molar-refractivity contribution is -0.122. The molecule has 0 radical (unpaired) electrons. The zero-order valence-corrected chi connectivity index (χ0v) is 13.9. The Morgan fingerprint density at radius 1 is 1.16 bits per heavy atom. The second-order valence-corrected chi connectivity index (χ2v) is 5.24. The van der Waals surface area contributed by atoms with Gasteiger partial charge in [0.05, 0.1) is 6.20 Å². The van der Waals surface area contributed by atoms with Crippen molar-refractivity contribution in [3.05, 3.63) is 54.5 Å². The minimum Gasteiger partial charge on any atom is -0.445 e. The molecular weight excluding hydrogens is 322 g/mol. The number of anilines is 1. The molecule has 1 aromatic carbocycles. The zero-order chi connectivity index (χ0) is 17.9. The van der Waals surface area contributed by atoms with Gasteiger partial charge >= 0.3 is 6.09 Å². The van der Waals surface area contributed by atoms with E-state index >= 15 is 0 Å². The van der Waals surface area contributed by atoms with Crippen molar-refractivity contribution < 1.29 is 14.3 Å². The summed E-state index contributed by atoms with van der Waals surface area (Å²) in [6, 6.07) is 8.62. The molecule has 132 valence electrons. The number of aromatic nitrogens is 2. The molecule has 1 atom stereocenters. The molecule has 0 aliphatic carbocycles. The van der Waals surface area contributed by atoms with Gasteiger partial charge in [-0.15, -0.1) is 0 Å². The van der Waals surface area contributed by atoms with Crippen LogP contribution in [0.2, 0.25) is 0 Å². The van der Waals surface area contributed by atoms with E-state index in [1.54, 1.807) is 25.5 Å². The Balaban J connectivity index is 1.61. The number of carbonyl (C=O) groups excluding carboxylic acids is 2. The summed E-state index contributed by atoms with van der Waals surface area (Å²) in [6.45, 7) is 2.63. The van der Waals surface area contributed by atoms with Gasteiger partial charge < -0.3 is 20.7 Å². The van der Waals surface area contributed by atoms with Crippen LogP contribution in [0.1, 0.15) is 12.5 Å². The van der Waals surface area contributed by atoms with Crippen molar-refractivity contribution in [3.63, 3.8) is 0 Å². The van der Waals surface area contributed by atoms with Crippen LogP contribution in [0.5, 0.6) is 0 Å². The molecule has 3 N–H and O–H groups in total. The van der Waals surface area contributed by atoms with Crippen LogP contribution >= 0.6 is 0 Å². The average Bonchev–Trinajstić information content (AvgIpc) is 2.65. The predicted octanol–water partition coefficient (Wildman–Crippen LogP) is 1.32. The van der Waals surface area contributed by atoms with Gasteiger partial charge in [-0.3, -0.25) is 9.78 Å². The minimum atomic E-state index is -0.695. The molecule has 2 rings (SSSR count). The van der Waals surface area contributed by atoms with E-state index in [9.17, 15) is 9.59 Å². The monoisotopic (exact) mass is 343 g/mol. The number of benzene rings is 1. The molecule has 1 heterocycles. The van der Waals surface area contributed by atoms with Crippen LogP contribution in [0, 0.1) is 0 Å². The maximum absolute atomic E-state index is 11.9. The van der Waals surface area contributed by atoms with Crippen molar-refractivity contribution in [2.75, 3.05) is 18.4 Å². The lowest BCUT2D eigenvalue weighted by Gasteiger charge is -2.14. The smallest absolute Gasteiger partial charge is 0.408 e. The van der Waals surface area contributed by atoms with E-state index in [2.05, 4.69) is 25.9 Å². The molecule has 2 amide bonds. The summed E-state index contributed by atoms with van der Waals surface area (Å²) in [4.78, 5) is 31.6. The summed E-state index contributed by atoms with van der Waals surface area (Å²) < 4.78 is 5.07. The third kappa shape index (κ3) is 6.86. The number of hydrogen-bond donors (Lipinski definition) is 3. The van der Waals surface area contributed by atoms with Gasteiger partial charge in [0, 0.05) is 25.5 Å². The fourth-order valence-corrected chi connectivity index (χ4v) is 1.93. The molecule has 25 heavy (non-hydrogen) atoms. The lowest BCUT2D eigenvalue weighted by atomic mass is 10.2. The predicted molar refractivity (Wildman–Crippen MR) is 92.8 cm³/mol. The molecule has 1 unspecified atom stereocenters. The maximum atomic E-state index is 11.9. The fourth-order valence-electron chi connectivity index (χ4n) is 1.93. The Labute approximate surface area is 146 Å². The zero-order valence-electron chi connectivity index (χ0n) is 13.9. The maximum Gasteiger partial charge on any atom is 0.408 e. The van der Waals surface area contributed by atoms with Gasteiger partial charge in [-0.25, -0.2) is 9.78 Å². The highest BCUT2D eigenvalue weighted by molar-refractivity contribution is 5.85. The number of carbonyl (C=O) groups is 2. The molecule has 0 bridgehead atoms. The van der Waals surface area contributed by atoms with E-state index in [-0.39, 0.29) is 12.5 Å². The number of alkyl carbamates (subject to hydrolysis) is 1. The van der Waals surface area contributed by atoms with Gasteiger partial charge in [-0.2, -0.15) is 0 Å². The lowest BCUT2D eigenvalue weighted by Crippen LogP contribution is -2.46. The number of nitrogens with zero attached hydrogens (tertiary/aromatic N) is 2. The average molecular weight is 343 g/mol. The van der Waals surface area contributed by atoms with Gasteiger partial charge in [0.2, 0.25) is 5.91 Å². The van der Waals surface area contributed by atoms with Gasteiger partial charge in [-0.05, 0) is 12.5 Å². The van der Waals surface area contributed by atoms with E-state index < -0.39 is 12.1 Å². The molecule has 0 aliphatic rings. The first-order valence-corrected chi connectivity index (χ1v) is 7.90. The van der Waals surface area contributed by atoms with Crippen molar-refractivity contribution >= 4 is 17.8 Å². The topological polar surface area (TPSA) is 105 Å². The Bertz CT molecular complexity index is 666. The molecule has 8 nitrogen and oxygen atoms in total. The van der Waals surface area contributed by atoms with Gasteiger partial charge in [0.1, 0.15) is 18.5 Å². The van der Waals surface area contributed by atoms with E-state index in [1.165, 1.54) is 0 Å². The molecule has 0 saturated carbocycles. The largest absolute Gasteiger partial charge is 0.445 e. The van der Waals surface area contributed by atoms with Crippen molar-refractivity contribution in [1.29, 1.82) is 0 Å². The Morgan fingerprint density at radius 3 is 2.68 bits per heavy atom. The number of ether oxygens (including phenoxy) is 1. The fraction of sp³-hybridized carbons (Fsp3) is 0.294. The van der Waals surface area contributed by atoms with Crippen LogP contribution < -0.4 is 16.0 Å². The molecule has 2 aromatic rings. The molecule has 0 aliphatic heterocycles. The first-order chi connectivity index (χ1) is 12.1. The highest BCUT2D eigenvalue weighted by atomic mass is 16.5. The molecule has 0 spiro atoms. The summed E-state index contributed by atoms with van der Waals surface area (Å²) in [5.74, 6) is 0.338. The first kappa shape index (κ1) is 18.2. The van der Waals surface area contributed by atoms with E-state index in [1.807, 2.05) is 30.3 Å². The van der Waals surface area contributed by atoms with Crippen LogP contribution in [-0.2, 0) is 16.1 Å². The third-order valence-corrected chi connectivity index (χ3v) is 3.23. The molecule has 8 heteroatoms. The van der Waals surface area contributed by atoms with Crippen LogP contribution in [0.15, 0.2) is 48.9 Å². The van der Waals surface area contributed by atoms with Crippen molar-refractivity contribution in [2.24, 2.45) is 0 Å². The third-order valence-electron chi connectivity index (χ3n) is 3.23. The standard InChI is InChI=1S/C17H21N5O3/c1-13(22-17(24)25-12-14-5-3-2-4-6-14)16(23)21-10-9-20-15-11-18-7-8-19-15/h2-8,11,13H,9-10,12H2,1H3,(H,19,20)(H,21,23)(H,22,24). The molecular formula is C17H21N5O3. The summed E-state index contributed by atoms with van der Waals surface area (Å²) in [5.41, 5.74) is 0.879. The van der Waals surface area contributed by atoms with Gasteiger partial charge in [-0.1, -0.05) is 30.3 Å². The highest BCUT2D eigenvalue weighted by Crippen LogP contribution is 2.00. The molecule has 0 fully saturated rings. The summed E-state index contributed by atoms with van der Waals surface area (Å²) in [7, 11) is 0. The Morgan fingerprint density at radius 2 is 1.96 bits per heavy atom. The number of hydrogen-bond acceptors (Lipinski definition) is 6. The van der Waals surface area contributed by atoms with Crippen molar-refractivity contribution in [2.45, 2.75) is 19.6 Å². The number of rotatable bonds is 8. The van der Waals surface area contributed by atoms with Crippen molar-refractivity contribution in [1.82, 2.24) is 20.6 Å². The Hall–Kier alpha value is -3.16. The quantitative estimate of drug-likeness (QED) is 0.624. The van der Waals surface area contributed by atoms with E-state index in [0.717, 1.165) is 5.56 Å². The van der Waals surface area contributed by atoms with Crippen LogP contribution in [0.4, 0.5) is 10.6 Å². The number of nitrogens with one attached hydrogen (secondary N) is 3. The van der Waals surface area contributed by atoms with E-state index in [4.69, 9.17) is 4.74 Å². The van der Waals surface area contributed by atoms with E-state index in [0.29, 0.717) is 18.9 Å². The highest BCUT2D eigenvalue weighted by Gasteiger charge is 2.15. The Kier molecular flexibility index (Phi) is 7.17. The van der Waals surface area contributed by atoms with Crippen LogP contribution in [0.25, 0.3) is 0 Å². The summed E-state index contributed by atoms with van der Waals surface area (Å²) in [5, 5.41) is 8.22. The second-order valence-electron chi connectivity index (χ2n) is 5.24. The van der Waals surface area contributed by atoms with Gasteiger partial charge in [0.15, 0.2) is 0 Å². The van der Waals surface area contributed by atoms with Crippen molar-refractivity contribution in [3.8, 4) is 0 Å². The normalized spacial score (nSPS) is 11.2. The number of amides is 2.